The van der Waals surface area contributed by atoms with Crippen molar-refractivity contribution in [3.8, 4) is 17.2 Å². The van der Waals surface area contributed by atoms with E-state index in [1.165, 1.54) is 0 Å². The van der Waals surface area contributed by atoms with E-state index >= 15 is 0 Å². The molecule has 25 heavy (non-hydrogen) atoms. The second kappa shape index (κ2) is 7.57. The summed E-state index contributed by atoms with van der Waals surface area (Å²) in [5.41, 5.74) is 2.03. The zero-order valence-electron chi connectivity index (χ0n) is 14.7. The first-order chi connectivity index (χ1) is 12.2. The monoisotopic (exact) mass is 341 g/mol. The number of carbonyl (C=O) groups is 1. The molecule has 1 fully saturated rings. The molecule has 0 aromatic heterocycles. The summed E-state index contributed by atoms with van der Waals surface area (Å²) < 4.78 is 16.1. The summed E-state index contributed by atoms with van der Waals surface area (Å²) in [6, 6.07) is 13.5. The fourth-order valence-electron chi connectivity index (χ4n) is 3.33. The number of ketones is 1. The molecule has 0 bridgehead atoms. The Balaban J connectivity index is 1.80. The van der Waals surface area contributed by atoms with E-state index in [1.54, 1.807) is 21.3 Å². The summed E-state index contributed by atoms with van der Waals surface area (Å²) in [6.45, 7) is 0.665. The van der Waals surface area contributed by atoms with Crippen molar-refractivity contribution in [3.05, 3.63) is 53.6 Å². The van der Waals surface area contributed by atoms with Crippen LogP contribution in [0.2, 0.25) is 0 Å². The molecule has 132 valence electrons. The lowest BCUT2D eigenvalue weighted by Crippen LogP contribution is -2.29. The van der Waals surface area contributed by atoms with Crippen LogP contribution in [0.1, 0.15) is 17.0 Å². The highest BCUT2D eigenvalue weighted by Gasteiger charge is 2.34. The van der Waals surface area contributed by atoms with Gasteiger partial charge >= 0.3 is 0 Å². The molecule has 2 atom stereocenters. The average Bonchev–Trinajstić information content (AvgIpc) is 3.02. The van der Waals surface area contributed by atoms with Crippen LogP contribution in [0.25, 0.3) is 0 Å². The maximum Gasteiger partial charge on any atom is 0.203 e. The minimum absolute atomic E-state index is 0.0896. The van der Waals surface area contributed by atoms with Gasteiger partial charge in [0.25, 0.3) is 0 Å². The third-order valence-corrected chi connectivity index (χ3v) is 4.62. The highest BCUT2D eigenvalue weighted by molar-refractivity contribution is 5.93. The number of rotatable bonds is 6. The fraction of sp³-hybridized carbons (Fsp3) is 0.350. The molecule has 0 aliphatic carbocycles. The van der Waals surface area contributed by atoms with Gasteiger partial charge in [-0.25, -0.2) is 0 Å². The van der Waals surface area contributed by atoms with Gasteiger partial charge in [0.2, 0.25) is 5.75 Å². The Morgan fingerprint density at radius 2 is 1.64 bits per heavy atom. The summed E-state index contributed by atoms with van der Waals surface area (Å²) in [4.78, 5) is 12.8. The first-order valence-electron chi connectivity index (χ1n) is 8.28. The van der Waals surface area contributed by atoms with E-state index in [-0.39, 0.29) is 17.7 Å². The maximum absolute atomic E-state index is 12.8. The van der Waals surface area contributed by atoms with E-state index in [0.717, 1.165) is 11.1 Å². The molecule has 1 saturated heterocycles. The first kappa shape index (κ1) is 17.3. The van der Waals surface area contributed by atoms with E-state index < -0.39 is 0 Å². The summed E-state index contributed by atoms with van der Waals surface area (Å²) in [5.74, 6) is 1.89. The number of benzene rings is 2. The van der Waals surface area contributed by atoms with Crippen LogP contribution in [0, 0.1) is 0 Å². The lowest BCUT2D eigenvalue weighted by Gasteiger charge is -2.16. The van der Waals surface area contributed by atoms with Crippen LogP contribution < -0.4 is 19.5 Å². The Morgan fingerprint density at radius 1 is 1.00 bits per heavy atom. The largest absolute Gasteiger partial charge is 0.493 e. The SMILES string of the molecule is COc1cc(CC2NCC(c3ccccc3)C2=O)cc(OC)c1OC. The van der Waals surface area contributed by atoms with Crippen molar-refractivity contribution < 1.29 is 19.0 Å². The van der Waals surface area contributed by atoms with E-state index in [9.17, 15) is 4.79 Å². The fourth-order valence-corrected chi connectivity index (χ4v) is 3.33. The standard InChI is InChI=1S/C20H23NO4/c1-23-17-10-13(11-18(24-2)20(17)25-3)9-16-19(22)15(12-21-16)14-7-5-4-6-8-14/h4-8,10-11,15-16,21H,9,12H2,1-3H3. The van der Waals surface area contributed by atoms with Crippen molar-refractivity contribution in [3.63, 3.8) is 0 Å². The molecule has 1 aliphatic heterocycles. The van der Waals surface area contributed by atoms with Crippen LogP contribution in [0.3, 0.4) is 0 Å². The third kappa shape index (κ3) is 3.46. The third-order valence-electron chi connectivity index (χ3n) is 4.62. The normalized spacial score (nSPS) is 19.7. The summed E-state index contributed by atoms with van der Waals surface area (Å²) >= 11 is 0. The minimum atomic E-state index is -0.215. The van der Waals surface area contributed by atoms with Crippen molar-refractivity contribution in [2.75, 3.05) is 27.9 Å². The topological polar surface area (TPSA) is 56.8 Å². The Hall–Kier alpha value is -2.53. The molecule has 2 aromatic carbocycles. The number of hydrogen-bond acceptors (Lipinski definition) is 5. The molecular formula is C20H23NO4. The van der Waals surface area contributed by atoms with Gasteiger partial charge in [-0.05, 0) is 29.7 Å². The van der Waals surface area contributed by atoms with Crippen LogP contribution in [-0.4, -0.2) is 39.7 Å². The number of ether oxygens (including phenoxy) is 3. The van der Waals surface area contributed by atoms with Gasteiger partial charge in [0.1, 0.15) is 0 Å². The van der Waals surface area contributed by atoms with E-state index in [1.807, 2.05) is 42.5 Å². The predicted octanol–water partition coefficient (Wildman–Crippen LogP) is 2.58. The molecule has 3 rings (SSSR count). The molecule has 1 heterocycles. The van der Waals surface area contributed by atoms with Crippen LogP contribution in [-0.2, 0) is 11.2 Å². The Labute approximate surface area is 147 Å². The summed E-state index contributed by atoms with van der Waals surface area (Å²) in [5, 5.41) is 3.34. The van der Waals surface area contributed by atoms with E-state index in [4.69, 9.17) is 14.2 Å². The number of nitrogens with one attached hydrogen (secondary N) is 1. The van der Waals surface area contributed by atoms with Gasteiger partial charge in [-0.1, -0.05) is 30.3 Å². The molecular weight excluding hydrogens is 318 g/mol. The molecule has 0 spiro atoms. The van der Waals surface area contributed by atoms with Gasteiger partial charge in [-0.3, -0.25) is 4.79 Å². The Bertz CT molecular complexity index is 720. The molecule has 0 amide bonds. The van der Waals surface area contributed by atoms with Gasteiger partial charge < -0.3 is 19.5 Å². The second-order valence-corrected chi connectivity index (χ2v) is 6.06. The van der Waals surface area contributed by atoms with Crippen LogP contribution in [0.5, 0.6) is 17.2 Å². The van der Waals surface area contributed by atoms with Gasteiger partial charge in [0, 0.05) is 6.54 Å². The Morgan fingerprint density at radius 3 is 2.20 bits per heavy atom. The molecule has 0 radical (unpaired) electrons. The molecule has 0 saturated carbocycles. The van der Waals surface area contributed by atoms with Crippen molar-refractivity contribution in [1.82, 2.24) is 5.32 Å². The zero-order chi connectivity index (χ0) is 17.8. The predicted molar refractivity (Wildman–Crippen MR) is 95.8 cm³/mol. The molecule has 2 unspecified atom stereocenters. The van der Waals surface area contributed by atoms with Crippen LogP contribution in [0.15, 0.2) is 42.5 Å². The number of methoxy groups -OCH3 is 3. The van der Waals surface area contributed by atoms with Crippen LogP contribution in [0.4, 0.5) is 0 Å². The second-order valence-electron chi connectivity index (χ2n) is 6.06. The summed E-state index contributed by atoms with van der Waals surface area (Å²) in [6.07, 6.45) is 0.582. The average molecular weight is 341 g/mol. The molecule has 5 nitrogen and oxygen atoms in total. The molecule has 1 N–H and O–H groups in total. The number of Topliss-reactive ketones (excluding diaryl/α,β-unsaturated/α-hetero) is 1. The van der Waals surface area contributed by atoms with Crippen molar-refractivity contribution in [2.24, 2.45) is 0 Å². The number of hydrogen-bond donors (Lipinski definition) is 1. The van der Waals surface area contributed by atoms with Gasteiger partial charge in [-0.2, -0.15) is 0 Å². The molecule has 2 aromatic rings. The van der Waals surface area contributed by atoms with Crippen molar-refractivity contribution in [2.45, 2.75) is 18.4 Å². The van der Waals surface area contributed by atoms with Crippen molar-refractivity contribution in [1.29, 1.82) is 0 Å². The highest BCUT2D eigenvalue weighted by Crippen LogP contribution is 2.38. The first-order valence-corrected chi connectivity index (χ1v) is 8.28. The lowest BCUT2D eigenvalue weighted by molar-refractivity contribution is -0.119. The Kier molecular flexibility index (Phi) is 5.24. The van der Waals surface area contributed by atoms with Crippen LogP contribution >= 0.6 is 0 Å². The minimum Gasteiger partial charge on any atom is -0.493 e. The van der Waals surface area contributed by atoms with Gasteiger partial charge in [-0.15, -0.1) is 0 Å². The highest BCUT2D eigenvalue weighted by atomic mass is 16.5. The molecule has 5 heteroatoms. The number of carbonyl (C=O) groups excluding carboxylic acids is 1. The van der Waals surface area contributed by atoms with Crippen molar-refractivity contribution >= 4 is 5.78 Å². The summed E-state index contributed by atoms with van der Waals surface area (Å²) in [7, 11) is 4.75. The smallest absolute Gasteiger partial charge is 0.203 e. The zero-order valence-corrected chi connectivity index (χ0v) is 14.7. The van der Waals surface area contributed by atoms with Gasteiger partial charge in [0.15, 0.2) is 17.3 Å². The maximum atomic E-state index is 12.8. The van der Waals surface area contributed by atoms with Gasteiger partial charge in [0.05, 0.1) is 33.3 Å². The van der Waals surface area contributed by atoms with E-state index in [2.05, 4.69) is 5.32 Å². The van der Waals surface area contributed by atoms with E-state index in [0.29, 0.717) is 30.2 Å². The molecule has 1 aliphatic rings. The quantitative estimate of drug-likeness (QED) is 0.875. The lowest BCUT2D eigenvalue weighted by atomic mass is 9.93.